The van der Waals surface area contributed by atoms with E-state index in [0.29, 0.717) is 32.4 Å². The molecule has 0 saturated carbocycles. The van der Waals surface area contributed by atoms with Crippen molar-refractivity contribution in [3.63, 3.8) is 0 Å². The molecule has 31 heavy (non-hydrogen) atoms. The topological polar surface area (TPSA) is 97.0 Å². The van der Waals surface area contributed by atoms with E-state index in [1.165, 1.54) is 0 Å². The van der Waals surface area contributed by atoms with Crippen LogP contribution in [-0.4, -0.2) is 53.6 Å². The molecule has 2 aliphatic heterocycles. The fourth-order valence-electron chi connectivity index (χ4n) is 4.01. The van der Waals surface area contributed by atoms with Crippen LogP contribution in [0.1, 0.15) is 51.6 Å². The fraction of sp³-hybridized carbons (Fsp3) is 0.522. The van der Waals surface area contributed by atoms with E-state index in [2.05, 4.69) is 17.2 Å². The Hall–Kier alpha value is -3.03. The summed E-state index contributed by atoms with van der Waals surface area (Å²) >= 11 is 0. The van der Waals surface area contributed by atoms with E-state index in [4.69, 9.17) is 9.47 Å². The van der Waals surface area contributed by atoms with Crippen molar-refractivity contribution in [2.75, 3.05) is 19.6 Å². The number of benzene rings is 1. The predicted molar refractivity (Wildman–Crippen MR) is 116 cm³/mol. The standard InChI is InChI=1S/C23H31N3O5/c1-5-19(27)24-15-20(28)26-12-10-23(11-13-26)14-17(25-21(29)31-22(2,3)4)16-8-6-7-9-18(16)30-23/h5-9,17H,1,10-15H2,2-4H3,(H,24,27)(H,25,29). The lowest BCUT2D eigenvalue weighted by Crippen LogP contribution is -2.54. The molecular weight excluding hydrogens is 398 g/mol. The van der Waals surface area contributed by atoms with Gasteiger partial charge in [0.15, 0.2) is 0 Å². The second-order valence-corrected chi connectivity index (χ2v) is 9.03. The van der Waals surface area contributed by atoms with Crippen LogP contribution in [-0.2, 0) is 14.3 Å². The van der Waals surface area contributed by atoms with Gasteiger partial charge in [0.2, 0.25) is 11.8 Å². The number of alkyl carbamates (subject to hydrolysis) is 1. The molecule has 0 radical (unpaired) electrons. The van der Waals surface area contributed by atoms with Gasteiger partial charge in [0.1, 0.15) is 17.0 Å². The normalized spacial score (nSPS) is 19.6. The molecule has 3 rings (SSSR count). The van der Waals surface area contributed by atoms with Gasteiger partial charge in [-0.3, -0.25) is 9.59 Å². The number of hydrogen-bond donors (Lipinski definition) is 2. The summed E-state index contributed by atoms with van der Waals surface area (Å²) in [7, 11) is 0. The molecule has 0 aromatic heterocycles. The van der Waals surface area contributed by atoms with Crippen LogP contribution >= 0.6 is 0 Å². The molecule has 3 amide bonds. The molecule has 1 saturated heterocycles. The highest BCUT2D eigenvalue weighted by molar-refractivity contribution is 5.90. The summed E-state index contributed by atoms with van der Waals surface area (Å²) in [5.74, 6) is 0.239. The predicted octanol–water partition coefficient (Wildman–Crippen LogP) is 2.70. The molecule has 168 valence electrons. The number of fused-ring (bicyclic) bond motifs is 1. The number of likely N-dealkylation sites (tertiary alicyclic amines) is 1. The number of nitrogens with one attached hydrogen (secondary N) is 2. The average molecular weight is 430 g/mol. The second-order valence-electron chi connectivity index (χ2n) is 9.03. The first-order valence-electron chi connectivity index (χ1n) is 10.6. The van der Waals surface area contributed by atoms with Crippen LogP contribution in [0.3, 0.4) is 0 Å². The summed E-state index contributed by atoms with van der Waals surface area (Å²) < 4.78 is 11.9. The summed E-state index contributed by atoms with van der Waals surface area (Å²) in [6, 6.07) is 7.44. The first kappa shape index (κ1) is 22.7. The summed E-state index contributed by atoms with van der Waals surface area (Å²) in [5, 5.41) is 5.52. The van der Waals surface area contributed by atoms with Crippen molar-refractivity contribution in [2.45, 2.75) is 57.3 Å². The maximum atomic E-state index is 12.4. The van der Waals surface area contributed by atoms with Crippen molar-refractivity contribution in [1.82, 2.24) is 15.5 Å². The Morgan fingerprint density at radius 3 is 2.58 bits per heavy atom. The molecule has 2 N–H and O–H groups in total. The van der Waals surface area contributed by atoms with E-state index < -0.39 is 17.3 Å². The first-order chi connectivity index (χ1) is 14.6. The SMILES string of the molecule is C=CC(=O)NCC(=O)N1CCC2(CC1)CC(NC(=O)OC(C)(C)C)c1ccccc1O2. The Labute approximate surface area is 183 Å². The summed E-state index contributed by atoms with van der Waals surface area (Å²) in [6.07, 6.45) is 2.54. The zero-order valence-corrected chi connectivity index (χ0v) is 18.4. The molecule has 1 spiro atoms. The van der Waals surface area contributed by atoms with Crippen molar-refractivity contribution < 1.29 is 23.9 Å². The third-order valence-electron chi connectivity index (χ3n) is 5.51. The molecule has 1 aromatic rings. The zero-order valence-electron chi connectivity index (χ0n) is 18.4. The molecule has 0 aliphatic carbocycles. The largest absolute Gasteiger partial charge is 0.487 e. The van der Waals surface area contributed by atoms with E-state index in [9.17, 15) is 14.4 Å². The van der Waals surface area contributed by atoms with Gasteiger partial charge in [0.25, 0.3) is 0 Å². The number of piperidine rings is 1. The average Bonchev–Trinajstić information content (AvgIpc) is 2.70. The third-order valence-corrected chi connectivity index (χ3v) is 5.51. The Bertz CT molecular complexity index is 853. The fourth-order valence-corrected chi connectivity index (χ4v) is 4.01. The van der Waals surface area contributed by atoms with Gasteiger partial charge in [-0.15, -0.1) is 0 Å². The van der Waals surface area contributed by atoms with Crippen LogP contribution in [0.2, 0.25) is 0 Å². The number of para-hydroxylation sites is 1. The summed E-state index contributed by atoms with van der Waals surface area (Å²) in [5.41, 5.74) is -0.140. The Morgan fingerprint density at radius 1 is 1.26 bits per heavy atom. The molecule has 1 aromatic carbocycles. The van der Waals surface area contributed by atoms with Crippen molar-refractivity contribution in [3.8, 4) is 5.75 Å². The van der Waals surface area contributed by atoms with Gasteiger partial charge in [0, 0.05) is 37.9 Å². The molecular formula is C23H31N3O5. The second kappa shape index (κ2) is 8.99. The lowest BCUT2D eigenvalue weighted by atomic mass is 9.80. The smallest absolute Gasteiger partial charge is 0.408 e. The molecule has 1 atom stereocenters. The first-order valence-corrected chi connectivity index (χ1v) is 10.6. The third kappa shape index (κ3) is 5.77. The van der Waals surface area contributed by atoms with Gasteiger partial charge < -0.3 is 25.0 Å². The lowest BCUT2D eigenvalue weighted by Gasteiger charge is -2.47. The Morgan fingerprint density at radius 2 is 1.94 bits per heavy atom. The minimum Gasteiger partial charge on any atom is -0.487 e. The van der Waals surface area contributed by atoms with E-state index in [0.717, 1.165) is 17.4 Å². The quantitative estimate of drug-likeness (QED) is 0.718. The highest BCUT2D eigenvalue weighted by Gasteiger charge is 2.44. The molecule has 2 heterocycles. The minimum atomic E-state index is -0.584. The van der Waals surface area contributed by atoms with Crippen molar-refractivity contribution in [2.24, 2.45) is 0 Å². The van der Waals surface area contributed by atoms with Crippen LogP contribution in [0.25, 0.3) is 0 Å². The van der Waals surface area contributed by atoms with E-state index >= 15 is 0 Å². The number of amides is 3. The molecule has 1 fully saturated rings. The van der Waals surface area contributed by atoms with Gasteiger partial charge in [-0.1, -0.05) is 24.8 Å². The molecule has 1 unspecified atom stereocenters. The van der Waals surface area contributed by atoms with Gasteiger partial charge in [-0.05, 0) is 32.9 Å². The van der Waals surface area contributed by atoms with Crippen LogP contribution < -0.4 is 15.4 Å². The van der Waals surface area contributed by atoms with Gasteiger partial charge in [-0.25, -0.2) is 4.79 Å². The molecule has 2 aliphatic rings. The van der Waals surface area contributed by atoms with Crippen LogP contribution in [0, 0.1) is 0 Å². The van der Waals surface area contributed by atoms with Gasteiger partial charge in [-0.2, -0.15) is 0 Å². The number of carbonyl (C=O) groups excluding carboxylic acids is 3. The van der Waals surface area contributed by atoms with Crippen LogP contribution in [0.4, 0.5) is 4.79 Å². The van der Waals surface area contributed by atoms with Crippen molar-refractivity contribution in [1.29, 1.82) is 0 Å². The van der Waals surface area contributed by atoms with Crippen LogP contribution in [0.15, 0.2) is 36.9 Å². The van der Waals surface area contributed by atoms with Crippen molar-refractivity contribution in [3.05, 3.63) is 42.5 Å². The molecule has 0 bridgehead atoms. The van der Waals surface area contributed by atoms with E-state index in [1.54, 1.807) is 4.90 Å². The number of hydrogen-bond acceptors (Lipinski definition) is 5. The Balaban J connectivity index is 1.67. The summed E-state index contributed by atoms with van der Waals surface area (Å²) in [4.78, 5) is 37.9. The van der Waals surface area contributed by atoms with Crippen molar-refractivity contribution >= 4 is 17.9 Å². The molecule has 8 heteroatoms. The summed E-state index contributed by atoms with van der Waals surface area (Å²) in [6.45, 7) is 9.85. The van der Waals surface area contributed by atoms with Crippen LogP contribution in [0.5, 0.6) is 5.75 Å². The van der Waals surface area contributed by atoms with E-state index in [1.807, 2.05) is 45.0 Å². The molecule has 8 nitrogen and oxygen atoms in total. The highest BCUT2D eigenvalue weighted by atomic mass is 16.6. The zero-order chi connectivity index (χ0) is 22.6. The van der Waals surface area contributed by atoms with E-state index in [-0.39, 0.29) is 24.4 Å². The maximum absolute atomic E-state index is 12.4. The number of ether oxygens (including phenoxy) is 2. The number of carbonyl (C=O) groups is 3. The number of rotatable bonds is 4. The van der Waals surface area contributed by atoms with Gasteiger partial charge in [0.05, 0.1) is 12.6 Å². The Kier molecular flexibility index (Phi) is 6.57. The monoisotopic (exact) mass is 429 g/mol. The lowest BCUT2D eigenvalue weighted by molar-refractivity contribution is -0.135. The minimum absolute atomic E-state index is 0.0512. The van der Waals surface area contributed by atoms with Gasteiger partial charge >= 0.3 is 6.09 Å². The highest BCUT2D eigenvalue weighted by Crippen LogP contribution is 2.44. The maximum Gasteiger partial charge on any atom is 0.408 e. The number of nitrogens with zero attached hydrogens (tertiary/aromatic N) is 1.